The molecular formula is C21H21N3O4S. The summed E-state index contributed by atoms with van der Waals surface area (Å²) in [7, 11) is 0. The maximum atomic E-state index is 13.3. The number of rotatable bonds is 4. The van der Waals surface area contributed by atoms with E-state index in [4.69, 9.17) is 9.41 Å². The van der Waals surface area contributed by atoms with E-state index in [1.807, 2.05) is 35.2 Å². The lowest BCUT2D eigenvalue weighted by Crippen LogP contribution is -2.44. The van der Waals surface area contributed by atoms with Gasteiger partial charge in [-0.1, -0.05) is 38.0 Å². The number of hydrogen-bond donors (Lipinski definition) is 0. The lowest BCUT2D eigenvalue weighted by molar-refractivity contribution is -0.402. The van der Waals surface area contributed by atoms with Crippen LogP contribution in [0.4, 0.5) is 11.6 Å². The Kier molecular flexibility index (Phi) is 5.53. The van der Waals surface area contributed by atoms with Gasteiger partial charge in [-0.2, -0.15) is 0 Å². The summed E-state index contributed by atoms with van der Waals surface area (Å²) in [6.07, 6.45) is 5.86. The number of carbonyl (C=O) groups excluding carboxylic acids is 1. The molecule has 2 fully saturated rings. The maximum Gasteiger partial charge on any atom is 0.433 e. The average Bonchev–Trinajstić information content (AvgIpc) is 3.29. The van der Waals surface area contributed by atoms with Gasteiger partial charge in [-0.15, -0.1) is 0 Å². The number of furan rings is 1. The molecule has 1 aliphatic heterocycles. The van der Waals surface area contributed by atoms with Crippen molar-refractivity contribution in [1.29, 1.82) is 0 Å². The smallest absolute Gasteiger partial charge is 0.401 e. The molecule has 2 atom stereocenters. The molecule has 150 valence electrons. The summed E-state index contributed by atoms with van der Waals surface area (Å²) in [6, 6.07) is 12.4. The molecule has 8 heteroatoms. The van der Waals surface area contributed by atoms with Crippen molar-refractivity contribution in [3.05, 3.63) is 63.2 Å². The van der Waals surface area contributed by atoms with Crippen molar-refractivity contribution in [3.63, 3.8) is 0 Å². The van der Waals surface area contributed by atoms with E-state index in [9.17, 15) is 14.9 Å². The highest BCUT2D eigenvalue weighted by Gasteiger charge is 2.41. The summed E-state index contributed by atoms with van der Waals surface area (Å²) in [6.45, 7) is 2.18. The van der Waals surface area contributed by atoms with Crippen LogP contribution in [-0.4, -0.2) is 26.9 Å². The molecule has 0 spiro atoms. The first-order valence-electron chi connectivity index (χ1n) is 9.64. The first kappa shape index (κ1) is 19.4. The Morgan fingerprint density at radius 3 is 2.66 bits per heavy atom. The largest absolute Gasteiger partial charge is 0.433 e. The number of nitro groups is 1. The molecule has 0 N–H and O–H groups in total. The molecule has 2 heterocycles. The molecule has 7 nitrogen and oxygen atoms in total. The van der Waals surface area contributed by atoms with Crippen LogP contribution in [0.2, 0.25) is 0 Å². The Labute approximate surface area is 172 Å². The molecule has 2 aromatic rings. The Bertz CT molecular complexity index is 983. The van der Waals surface area contributed by atoms with Gasteiger partial charge in [0.05, 0.1) is 16.7 Å². The van der Waals surface area contributed by atoms with Gasteiger partial charge in [0.2, 0.25) is 0 Å². The summed E-state index contributed by atoms with van der Waals surface area (Å²) in [4.78, 5) is 30.5. The number of aliphatic imine (C=N–C) groups is 1. The zero-order valence-corrected chi connectivity index (χ0v) is 16.8. The number of carbonyl (C=O) groups is 1. The van der Waals surface area contributed by atoms with Crippen LogP contribution in [-0.2, 0) is 4.79 Å². The summed E-state index contributed by atoms with van der Waals surface area (Å²) in [5, 5.41) is 11.5. The average molecular weight is 411 g/mol. The van der Waals surface area contributed by atoms with Crippen molar-refractivity contribution in [2.24, 2.45) is 10.9 Å². The van der Waals surface area contributed by atoms with Crippen LogP contribution in [0.25, 0.3) is 6.08 Å². The first-order valence-corrected chi connectivity index (χ1v) is 10.5. The number of amides is 1. The third-order valence-corrected chi connectivity index (χ3v) is 6.26. The van der Waals surface area contributed by atoms with Gasteiger partial charge in [-0.3, -0.25) is 19.8 Å². The Morgan fingerprint density at radius 2 is 1.97 bits per heavy atom. The van der Waals surface area contributed by atoms with Crippen LogP contribution < -0.4 is 0 Å². The van der Waals surface area contributed by atoms with Crippen molar-refractivity contribution in [1.82, 2.24) is 4.90 Å². The number of amidine groups is 1. The fourth-order valence-electron chi connectivity index (χ4n) is 3.80. The van der Waals surface area contributed by atoms with Crippen molar-refractivity contribution in [3.8, 4) is 0 Å². The highest BCUT2D eigenvalue weighted by Crippen LogP contribution is 2.40. The second kappa shape index (κ2) is 8.24. The van der Waals surface area contributed by atoms with Crippen molar-refractivity contribution in [2.75, 3.05) is 0 Å². The fraction of sp³-hybridized carbons (Fsp3) is 0.333. The van der Waals surface area contributed by atoms with Crippen molar-refractivity contribution in [2.45, 2.75) is 38.6 Å². The van der Waals surface area contributed by atoms with Crippen LogP contribution in [0.5, 0.6) is 0 Å². The number of benzene rings is 1. The minimum Gasteiger partial charge on any atom is -0.401 e. The fourth-order valence-corrected chi connectivity index (χ4v) is 4.82. The normalized spacial score (nSPS) is 25.1. The second-order valence-corrected chi connectivity index (χ2v) is 8.29. The molecule has 1 amide bonds. The van der Waals surface area contributed by atoms with E-state index in [-0.39, 0.29) is 23.6 Å². The molecule has 2 aliphatic rings. The summed E-state index contributed by atoms with van der Waals surface area (Å²) < 4.78 is 5.21. The summed E-state index contributed by atoms with van der Waals surface area (Å²) in [5.74, 6) is 0.203. The third kappa shape index (κ3) is 4.12. The molecule has 4 rings (SSSR count). The zero-order valence-electron chi connectivity index (χ0n) is 16.0. The molecule has 1 aromatic carbocycles. The van der Waals surface area contributed by atoms with Gasteiger partial charge >= 0.3 is 5.88 Å². The summed E-state index contributed by atoms with van der Waals surface area (Å²) >= 11 is 1.29. The van der Waals surface area contributed by atoms with E-state index < -0.39 is 4.92 Å². The Morgan fingerprint density at radius 1 is 1.21 bits per heavy atom. The van der Waals surface area contributed by atoms with Gasteiger partial charge in [0, 0.05) is 12.1 Å². The van der Waals surface area contributed by atoms with E-state index >= 15 is 0 Å². The van der Waals surface area contributed by atoms with E-state index in [0.717, 1.165) is 24.9 Å². The highest BCUT2D eigenvalue weighted by molar-refractivity contribution is 8.18. The topological polar surface area (TPSA) is 89.0 Å². The van der Waals surface area contributed by atoms with Crippen LogP contribution in [0, 0.1) is 16.0 Å². The summed E-state index contributed by atoms with van der Waals surface area (Å²) in [5.41, 5.74) is 0.783. The quantitative estimate of drug-likeness (QED) is 0.383. The molecule has 1 aliphatic carbocycles. The second-order valence-electron chi connectivity index (χ2n) is 7.28. The Hall–Kier alpha value is -2.87. The van der Waals surface area contributed by atoms with E-state index in [2.05, 4.69) is 6.92 Å². The highest BCUT2D eigenvalue weighted by atomic mass is 32.2. The molecule has 0 unspecified atom stereocenters. The standard InChI is InChI=1S/C21H21N3O4S/c1-14-7-5-6-10-17(14)23-20(25)18(13-16-11-12-19(28-16)24(26)27)29-21(23)22-15-8-3-2-4-9-15/h2-4,8-9,11-14,17H,5-7,10H2,1H3/b18-13-,22-21?/t14-,17+/m0/s1. The number of nitrogens with zero attached hydrogens (tertiary/aromatic N) is 3. The van der Waals surface area contributed by atoms with Gasteiger partial charge in [0.15, 0.2) is 5.17 Å². The van der Waals surface area contributed by atoms with Crippen LogP contribution in [0.1, 0.15) is 38.4 Å². The number of para-hydroxylation sites is 1. The monoisotopic (exact) mass is 411 g/mol. The zero-order chi connectivity index (χ0) is 20.4. The molecule has 0 radical (unpaired) electrons. The lowest BCUT2D eigenvalue weighted by atomic mass is 9.85. The molecular weight excluding hydrogens is 390 g/mol. The Balaban J connectivity index is 1.70. The van der Waals surface area contributed by atoms with Crippen molar-refractivity contribution < 1.29 is 14.1 Å². The molecule has 0 bridgehead atoms. The maximum absolute atomic E-state index is 13.3. The van der Waals surface area contributed by atoms with Crippen LogP contribution in [0.3, 0.4) is 0 Å². The van der Waals surface area contributed by atoms with Crippen LogP contribution in [0.15, 0.2) is 56.8 Å². The molecule has 29 heavy (non-hydrogen) atoms. The lowest BCUT2D eigenvalue weighted by Gasteiger charge is -2.35. The predicted molar refractivity (Wildman–Crippen MR) is 113 cm³/mol. The van der Waals surface area contributed by atoms with E-state index in [0.29, 0.717) is 16.0 Å². The number of thioether (sulfide) groups is 1. The SMILES string of the molecule is C[C@H]1CCCC[C@H]1N1C(=O)/C(=C/c2ccc([N+](=O)[O-])o2)SC1=Nc1ccccc1. The van der Waals surface area contributed by atoms with Gasteiger partial charge < -0.3 is 4.42 Å². The van der Waals surface area contributed by atoms with Gasteiger partial charge in [0.1, 0.15) is 10.7 Å². The van der Waals surface area contributed by atoms with Crippen LogP contribution >= 0.6 is 11.8 Å². The minimum atomic E-state index is -0.593. The van der Waals surface area contributed by atoms with Gasteiger partial charge in [-0.25, -0.2) is 4.99 Å². The number of hydrogen-bond acceptors (Lipinski definition) is 6. The molecule has 1 aromatic heterocycles. The minimum absolute atomic E-state index is 0.100. The first-order chi connectivity index (χ1) is 14.0. The van der Waals surface area contributed by atoms with Crippen molar-refractivity contribution >= 4 is 40.5 Å². The van der Waals surface area contributed by atoms with Gasteiger partial charge in [0.25, 0.3) is 5.91 Å². The van der Waals surface area contributed by atoms with E-state index in [1.54, 1.807) is 6.08 Å². The molecule has 1 saturated carbocycles. The predicted octanol–water partition coefficient (Wildman–Crippen LogP) is 5.37. The molecule has 1 saturated heterocycles. The van der Waals surface area contributed by atoms with Gasteiger partial charge in [-0.05, 0) is 48.7 Å². The third-order valence-electron chi connectivity index (χ3n) is 5.28. The van der Waals surface area contributed by atoms with E-state index in [1.165, 1.54) is 30.3 Å².